The number of rotatable bonds is 8. The zero-order chi connectivity index (χ0) is 15.6. The lowest BCUT2D eigenvalue weighted by Crippen LogP contribution is -2.49. The number of carbonyl (C=O) groups excluding carboxylic acids is 1. The van der Waals surface area contributed by atoms with Gasteiger partial charge >= 0.3 is 0 Å². The molecule has 1 amide bonds. The Labute approximate surface area is 127 Å². The van der Waals surface area contributed by atoms with Crippen LogP contribution in [0.15, 0.2) is 12.7 Å². The summed E-state index contributed by atoms with van der Waals surface area (Å²) in [7, 11) is -2.05. The van der Waals surface area contributed by atoms with E-state index in [-0.39, 0.29) is 5.91 Å². The summed E-state index contributed by atoms with van der Waals surface area (Å²) in [6.45, 7) is 7.54. The molecule has 0 aromatic rings. The number of likely N-dealkylation sites (N-methyl/N-ethyl adjacent to an activating group) is 1. The first kappa shape index (κ1) is 16.5. The van der Waals surface area contributed by atoms with Gasteiger partial charge in [-0.05, 0) is 25.2 Å². The van der Waals surface area contributed by atoms with Crippen LogP contribution in [-0.4, -0.2) is 67.1 Å². The SMILES string of the molecule is C=CCN1CCC(N(C)S(=O)(=O)N(CC)CC2CC2)C1=O. The van der Waals surface area contributed by atoms with Gasteiger partial charge in [0.2, 0.25) is 5.91 Å². The molecule has 0 aromatic heterocycles. The number of hydrogen-bond acceptors (Lipinski definition) is 3. The second-order valence-electron chi connectivity index (χ2n) is 5.80. The zero-order valence-electron chi connectivity index (χ0n) is 12.9. The Morgan fingerprint density at radius 1 is 1.38 bits per heavy atom. The average molecular weight is 315 g/mol. The number of nitrogens with zero attached hydrogens (tertiary/aromatic N) is 3. The Morgan fingerprint density at radius 2 is 2.05 bits per heavy atom. The predicted octanol–water partition coefficient (Wildman–Crippen LogP) is 0.682. The highest BCUT2D eigenvalue weighted by molar-refractivity contribution is 7.86. The topological polar surface area (TPSA) is 60.9 Å². The van der Waals surface area contributed by atoms with E-state index >= 15 is 0 Å². The van der Waals surface area contributed by atoms with E-state index in [1.807, 2.05) is 6.92 Å². The van der Waals surface area contributed by atoms with E-state index in [1.165, 1.54) is 15.7 Å². The Kier molecular flexibility index (Phi) is 5.06. The van der Waals surface area contributed by atoms with Gasteiger partial charge in [0, 0.05) is 33.2 Å². The molecule has 0 radical (unpaired) electrons. The molecule has 1 saturated carbocycles. The molecule has 1 aliphatic carbocycles. The molecule has 120 valence electrons. The van der Waals surface area contributed by atoms with Crippen LogP contribution in [0.2, 0.25) is 0 Å². The maximum absolute atomic E-state index is 12.7. The van der Waals surface area contributed by atoms with Crippen molar-refractivity contribution < 1.29 is 13.2 Å². The quantitative estimate of drug-likeness (QED) is 0.619. The lowest BCUT2D eigenvalue weighted by atomic mass is 10.2. The summed E-state index contributed by atoms with van der Waals surface area (Å²) >= 11 is 0. The third-order valence-corrected chi connectivity index (χ3v) is 6.30. The van der Waals surface area contributed by atoms with E-state index in [4.69, 9.17) is 0 Å². The highest BCUT2D eigenvalue weighted by Gasteiger charge is 2.41. The van der Waals surface area contributed by atoms with Gasteiger partial charge < -0.3 is 4.90 Å². The Bertz CT molecular complexity index is 502. The van der Waals surface area contributed by atoms with E-state index in [2.05, 4.69) is 6.58 Å². The predicted molar refractivity (Wildman–Crippen MR) is 81.8 cm³/mol. The molecule has 1 heterocycles. The van der Waals surface area contributed by atoms with Crippen LogP contribution in [0.25, 0.3) is 0 Å². The third-order valence-electron chi connectivity index (χ3n) is 4.26. The normalized spacial score (nSPS) is 23.3. The van der Waals surface area contributed by atoms with Crippen LogP contribution in [0, 0.1) is 5.92 Å². The largest absolute Gasteiger partial charge is 0.338 e. The van der Waals surface area contributed by atoms with Crippen LogP contribution in [0.5, 0.6) is 0 Å². The van der Waals surface area contributed by atoms with Gasteiger partial charge in [0.25, 0.3) is 10.2 Å². The van der Waals surface area contributed by atoms with Gasteiger partial charge in [-0.3, -0.25) is 4.79 Å². The number of amides is 1. The van der Waals surface area contributed by atoms with Crippen LogP contribution in [0.1, 0.15) is 26.2 Å². The van der Waals surface area contributed by atoms with Gasteiger partial charge in [0.1, 0.15) is 6.04 Å². The van der Waals surface area contributed by atoms with Crippen molar-refractivity contribution in [2.75, 3.05) is 33.2 Å². The van der Waals surface area contributed by atoms with Crippen LogP contribution in [0.4, 0.5) is 0 Å². The van der Waals surface area contributed by atoms with Crippen molar-refractivity contribution in [2.45, 2.75) is 32.2 Å². The summed E-state index contributed by atoms with van der Waals surface area (Å²) in [5.41, 5.74) is 0. The molecule has 1 aliphatic heterocycles. The second-order valence-corrected chi connectivity index (χ2v) is 7.78. The van der Waals surface area contributed by atoms with Gasteiger partial charge in [-0.25, -0.2) is 0 Å². The van der Waals surface area contributed by atoms with Crippen LogP contribution in [0.3, 0.4) is 0 Å². The molecule has 21 heavy (non-hydrogen) atoms. The summed E-state index contributed by atoms with van der Waals surface area (Å²) < 4.78 is 28.1. The minimum Gasteiger partial charge on any atom is -0.338 e. The summed E-state index contributed by atoms with van der Waals surface area (Å²) in [6.07, 6.45) is 4.42. The molecule has 1 unspecified atom stereocenters. The van der Waals surface area contributed by atoms with Crippen LogP contribution in [-0.2, 0) is 15.0 Å². The van der Waals surface area contributed by atoms with Gasteiger partial charge in [-0.2, -0.15) is 17.0 Å². The zero-order valence-corrected chi connectivity index (χ0v) is 13.7. The van der Waals surface area contributed by atoms with Crippen molar-refractivity contribution in [3.63, 3.8) is 0 Å². The Hall–Kier alpha value is -0.920. The molecule has 1 atom stereocenters. The Balaban J connectivity index is 2.08. The lowest BCUT2D eigenvalue weighted by Gasteiger charge is -2.29. The first-order valence-corrected chi connectivity index (χ1v) is 8.94. The minimum atomic E-state index is -3.57. The van der Waals surface area contributed by atoms with Crippen molar-refractivity contribution in [3.8, 4) is 0 Å². The molecule has 0 N–H and O–H groups in total. The molecule has 6 nitrogen and oxygen atoms in total. The molecule has 0 spiro atoms. The van der Waals surface area contributed by atoms with E-state index in [0.717, 1.165) is 12.8 Å². The van der Waals surface area contributed by atoms with Crippen molar-refractivity contribution in [2.24, 2.45) is 5.92 Å². The smallest absolute Gasteiger partial charge is 0.282 e. The third kappa shape index (κ3) is 3.46. The molecular formula is C14H25N3O3S. The second kappa shape index (κ2) is 6.46. The van der Waals surface area contributed by atoms with Crippen molar-refractivity contribution in [1.29, 1.82) is 0 Å². The molecule has 0 aromatic carbocycles. The summed E-state index contributed by atoms with van der Waals surface area (Å²) in [6, 6.07) is -0.580. The van der Waals surface area contributed by atoms with E-state index < -0.39 is 16.3 Å². The summed E-state index contributed by atoms with van der Waals surface area (Å²) in [5, 5.41) is 0. The standard InChI is InChI=1S/C14H25N3O3S/c1-4-9-16-10-8-13(14(16)18)15(3)21(19,20)17(5-2)11-12-6-7-12/h4,12-13H,1,5-11H2,2-3H3. The fraction of sp³-hybridized carbons (Fsp3) is 0.786. The van der Waals surface area contributed by atoms with Crippen molar-refractivity contribution in [3.05, 3.63) is 12.7 Å². The number of hydrogen-bond donors (Lipinski definition) is 0. The Morgan fingerprint density at radius 3 is 2.57 bits per heavy atom. The van der Waals surface area contributed by atoms with Crippen molar-refractivity contribution >= 4 is 16.1 Å². The molecule has 1 saturated heterocycles. The molecular weight excluding hydrogens is 290 g/mol. The summed E-state index contributed by atoms with van der Waals surface area (Å²) in [5.74, 6) is 0.369. The highest BCUT2D eigenvalue weighted by Crippen LogP contribution is 2.31. The van der Waals surface area contributed by atoms with Crippen molar-refractivity contribution in [1.82, 2.24) is 13.5 Å². The van der Waals surface area contributed by atoms with E-state index in [1.54, 1.807) is 11.0 Å². The van der Waals surface area contributed by atoms with E-state index in [0.29, 0.717) is 38.5 Å². The van der Waals surface area contributed by atoms with Crippen LogP contribution >= 0.6 is 0 Å². The van der Waals surface area contributed by atoms with Crippen LogP contribution < -0.4 is 0 Å². The first-order valence-electron chi connectivity index (χ1n) is 7.54. The number of carbonyl (C=O) groups is 1. The fourth-order valence-electron chi connectivity index (χ4n) is 2.71. The number of likely N-dealkylation sites (tertiary alicyclic amines) is 1. The van der Waals surface area contributed by atoms with Gasteiger partial charge in [0.05, 0.1) is 0 Å². The maximum atomic E-state index is 12.7. The molecule has 2 fully saturated rings. The highest BCUT2D eigenvalue weighted by atomic mass is 32.2. The van der Waals surface area contributed by atoms with Gasteiger partial charge in [-0.1, -0.05) is 13.0 Å². The van der Waals surface area contributed by atoms with Gasteiger partial charge in [-0.15, -0.1) is 6.58 Å². The molecule has 2 aliphatic rings. The lowest BCUT2D eigenvalue weighted by molar-refractivity contribution is -0.130. The molecule has 2 rings (SSSR count). The molecule has 7 heteroatoms. The van der Waals surface area contributed by atoms with Gasteiger partial charge in [0.15, 0.2) is 0 Å². The fourth-order valence-corrected chi connectivity index (χ4v) is 4.32. The first-order chi connectivity index (χ1) is 9.91. The average Bonchev–Trinajstić information content (AvgIpc) is 3.20. The maximum Gasteiger partial charge on any atom is 0.282 e. The minimum absolute atomic E-state index is 0.122. The molecule has 0 bridgehead atoms. The monoisotopic (exact) mass is 315 g/mol. The van der Waals surface area contributed by atoms with E-state index in [9.17, 15) is 13.2 Å². The summed E-state index contributed by atoms with van der Waals surface area (Å²) in [4.78, 5) is 13.9.